The molecule has 0 radical (unpaired) electrons. The molecule has 84 valence electrons. The van der Waals surface area contributed by atoms with Crippen LogP contribution in [-0.2, 0) is 5.41 Å². The highest BCUT2D eigenvalue weighted by Crippen LogP contribution is 2.46. The van der Waals surface area contributed by atoms with Gasteiger partial charge < -0.3 is 4.90 Å². The summed E-state index contributed by atoms with van der Waals surface area (Å²) in [4.78, 5) is 2.45. The maximum Gasteiger partial charge on any atom is 0.0191 e. The van der Waals surface area contributed by atoms with E-state index in [0.717, 1.165) is 0 Å². The van der Waals surface area contributed by atoms with E-state index in [1.54, 1.807) is 5.56 Å². The highest BCUT2D eigenvalue weighted by Gasteiger charge is 2.42. The number of nitrogens with zero attached hydrogens (tertiary/aromatic N) is 1. The van der Waals surface area contributed by atoms with Crippen LogP contribution < -0.4 is 0 Å². The second-order valence-electron chi connectivity index (χ2n) is 5.37. The van der Waals surface area contributed by atoms with Crippen molar-refractivity contribution in [3.8, 4) is 0 Å². The average molecular weight is 213 g/mol. The van der Waals surface area contributed by atoms with Crippen LogP contribution in [-0.4, -0.2) is 25.0 Å². The Morgan fingerprint density at radius 3 is 2.94 bits per heavy atom. The molecule has 3 rings (SSSR count). The van der Waals surface area contributed by atoms with E-state index in [1.807, 2.05) is 0 Å². The van der Waals surface area contributed by atoms with Crippen molar-refractivity contribution in [2.75, 3.05) is 20.1 Å². The van der Waals surface area contributed by atoms with Crippen LogP contribution in [0.3, 0.4) is 0 Å². The van der Waals surface area contributed by atoms with Gasteiger partial charge in [-0.3, -0.25) is 0 Å². The smallest absolute Gasteiger partial charge is 0.0191 e. The number of fused-ring (bicyclic) bond motifs is 2. The third-order valence-corrected chi connectivity index (χ3v) is 4.39. The van der Waals surface area contributed by atoms with Crippen LogP contribution in [0.2, 0.25) is 0 Å². The van der Waals surface area contributed by atoms with Crippen molar-refractivity contribution in [3.63, 3.8) is 0 Å². The van der Waals surface area contributed by atoms with E-state index in [9.17, 15) is 0 Å². The van der Waals surface area contributed by atoms with Crippen molar-refractivity contribution in [1.82, 2.24) is 4.90 Å². The Morgan fingerprint density at radius 2 is 2.12 bits per heavy atom. The fraction of sp³-hybridized carbons (Fsp3) is 0.467. The SMILES string of the molecule is C[C@H]1CN(C)CCC12C=Cc1ccccc12. The lowest BCUT2D eigenvalue weighted by atomic mass is 9.68. The normalized spacial score (nSPS) is 33.2. The molecule has 2 aliphatic rings. The average Bonchev–Trinajstić information content (AvgIpc) is 2.65. The second-order valence-corrected chi connectivity index (χ2v) is 5.37. The van der Waals surface area contributed by atoms with Gasteiger partial charge in [0, 0.05) is 12.0 Å². The monoisotopic (exact) mass is 213 g/mol. The van der Waals surface area contributed by atoms with Crippen molar-refractivity contribution in [1.29, 1.82) is 0 Å². The van der Waals surface area contributed by atoms with Crippen molar-refractivity contribution >= 4 is 6.08 Å². The van der Waals surface area contributed by atoms with Gasteiger partial charge in [0.2, 0.25) is 0 Å². The summed E-state index contributed by atoms with van der Waals surface area (Å²) in [7, 11) is 2.23. The van der Waals surface area contributed by atoms with Crippen LogP contribution >= 0.6 is 0 Å². The summed E-state index contributed by atoms with van der Waals surface area (Å²) < 4.78 is 0. The zero-order chi connectivity index (χ0) is 11.2. The summed E-state index contributed by atoms with van der Waals surface area (Å²) >= 11 is 0. The molecule has 1 unspecified atom stereocenters. The van der Waals surface area contributed by atoms with E-state index in [1.165, 1.54) is 25.1 Å². The molecule has 1 fully saturated rings. The Balaban J connectivity index is 2.05. The minimum absolute atomic E-state index is 0.323. The topological polar surface area (TPSA) is 3.24 Å². The Morgan fingerprint density at radius 1 is 1.31 bits per heavy atom. The molecule has 1 nitrogen and oxygen atoms in total. The molecule has 1 aromatic rings. The largest absolute Gasteiger partial charge is 0.306 e. The number of piperidine rings is 1. The summed E-state index contributed by atoms with van der Waals surface area (Å²) in [6.45, 7) is 4.81. The number of allylic oxidation sites excluding steroid dienone is 1. The lowest BCUT2D eigenvalue weighted by Gasteiger charge is -2.43. The first-order chi connectivity index (χ1) is 7.72. The molecule has 1 aliphatic carbocycles. The molecule has 16 heavy (non-hydrogen) atoms. The summed E-state index contributed by atoms with van der Waals surface area (Å²) in [6.07, 6.45) is 6.03. The minimum atomic E-state index is 0.323. The molecule has 1 aromatic carbocycles. The summed E-state index contributed by atoms with van der Waals surface area (Å²) in [5, 5.41) is 0. The summed E-state index contributed by atoms with van der Waals surface area (Å²) in [5.41, 5.74) is 3.30. The molecule has 1 heterocycles. The van der Waals surface area contributed by atoms with Crippen molar-refractivity contribution in [2.45, 2.75) is 18.8 Å². The Kier molecular flexibility index (Phi) is 2.18. The molecule has 1 saturated heterocycles. The number of benzene rings is 1. The van der Waals surface area contributed by atoms with Gasteiger partial charge in [-0.1, -0.05) is 43.3 Å². The van der Waals surface area contributed by atoms with Gasteiger partial charge in [0.25, 0.3) is 0 Å². The standard InChI is InChI=1S/C15H19N/c1-12-11-16(2)10-9-15(12)8-7-13-5-3-4-6-14(13)15/h3-8,12H,9-11H2,1-2H3/t12-,15?/m0/s1. The zero-order valence-corrected chi connectivity index (χ0v) is 10.1. The number of likely N-dealkylation sites (tertiary alicyclic amines) is 1. The zero-order valence-electron chi connectivity index (χ0n) is 10.1. The molecule has 1 heteroatoms. The lowest BCUT2D eigenvalue weighted by molar-refractivity contribution is 0.155. The molecular weight excluding hydrogens is 194 g/mol. The van der Waals surface area contributed by atoms with Crippen LogP contribution in [0.25, 0.3) is 6.08 Å². The van der Waals surface area contributed by atoms with E-state index < -0.39 is 0 Å². The van der Waals surface area contributed by atoms with Crippen molar-refractivity contribution in [2.24, 2.45) is 5.92 Å². The van der Waals surface area contributed by atoms with E-state index in [-0.39, 0.29) is 0 Å². The maximum atomic E-state index is 2.45. The van der Waals surface area contributed by atoms with Gasteiger partial charge in [0.05, 0.1) is 0 Å². The summed E-state index contributed by atoms with van der Waals surface area (Å²) in [6, 6.07) is 8.88. The molecule has 0 amide bonds. The molecular formula is C15H19N. The minimum Gasteiger partial charge on any atom is -0.306 e. The molecule has 0 aromatic heterocycles. The van der Waals surface area contributed by atoms with Crippen LogP contribution in [0.1, 0.15) is 24.5 Å². The molecule has 1 aliphatic heterocycles. The Labute approximate surface area is 97.8 Å². The van der Waals surface area contributed by atoms with Gasteiger partial charge in [-0.25, -0.2) is 0 Å². The van der Waals surface area contributed by atoms with E-state index >= 15 is 0 Å². The number of hydrogen-bond donors (Lipinski definition) is 0. The molecule has 0 N–H and O–H groups in total. The predicted octanol–water partition coefficient (Wildman–Crippen LogP) is 2.92. The van der Waals surface area contributed by atoms with Gasteiger partial charge >= 0.3 is 0 Å². The quantitative estimate of drug-likeness (QED) is 0.640. The summed E-state index contributed by atoms with van der Waals surface area (Å²) in [5.74, 6) is 0.714. The fourth-order valence-electron chi connectivity index (χ4n) is 3.39. The van der Waals surface area contributed by atoms with Crippen LogP contribution in [0.5, 0.6) is 0 Å². The Bertz CT molecular complexity index is 435. The van der Waals surface area contributed by atoms with E-state index in [2.05, 4.69) is 55.3 Å². The first-order valence-electron chi connectivity index (χ1n) is 6.20. The first kappa shape index (κ1) is 10.1. The van der Waals surface area contributed by atoms with Gasteiger partial charge in [0.1, 0.15) is 0 Å². The third kappa shape index (κ3) is 1.28. The van der Waals surface area contributed by atoms with Gasteiger partial charge in [0.15, 0.2) is 0 Å². The van der Waals surface area contributed by atoms with Crippen LogP contribution in [0.15, 0.2) is 30.3 Å². The van der Waals surface area contributed by atoms with E-state index in [0.29, 0.717) is 11.3 Å². The van der Waals surface area contributed by atoms with Crippen molar-refractivity contribution in [3.05, 3.63) is 41.5 Å². The highest BCUT2D eigenvalue weighted by atomic mass is 15.1. The van der Waals surface area contributed by atoms with Crippen LogP contribution in [0, 0.1) is 5.92 Å². The molecule has 0 bridgehead atoms. The highest BCUT2D eigenvalue weighted by molar-refractivity contribution is 5.65. The fourth-order valence-corrected chi connectivity index (χ4v) is 3.39. The Hall–Kier alpha value is -1.08. The first-order valence-corrected chi connectivity index (χ1v) is 6.20. The van der Waals surface area contributed by atoms with Gasteiger partial charge in [-0.15, -0.1) is 0 Å². The third-order valence-electron chi connectivity index (χ3n) is 4.39. The number of hydrogen-bond acceptors (Lipinski definition) is 1. The maximum absolute atomic E-state index is 2.45. The van der Waals surface area contributed by atoms with E-state index in [4.69, 9.17) is 0 Å². The van der Waals surface area contributed by atoms with Crippen molar-refractivity contribution < 1.29 is 0 Å². The molecule has 0 saturated carbocycles. The second kappa shape index (κ2) is 3.46. The number of rotatable bonds is 0. The lowest BCUT2D eigenvalue weighted by Crippen LogP contribution is -2.45. The predicted molar refractivity (Wildman–Crippen MR) is 68.4 cm³/mol. The molecule has 1 spiro atoms. The molecule has 2 atom stereocenters. The van der Waals surface area contributed by atoms with Gasteiger partial charge in [-0.2, -0.15) is 0 Å². The van der Waals surface area contributed by atoms with Gasteiger partial charge in [-0.05, 0) is 37.1 Å². The van der Waals surface area contributed by atoms with Crippen LogP contribution in [0.4, 0.5) is 0 Å².